The number of nitriles is 1. The molecule has 0 aliphatic carbocycles. The Balaban J connectivity index is 1.87. The normalized spacial score (nSPS) is 10.9. The molecule has 0 bridgehead atoms. The lowest BCUT2D eigenvalue weighted by Crippen LogP contribution is -2.11. The van der Waals surface area contributed by atoms with Gasteiger partial charge in [0.05, 0.1) is 17.7 Å². The molecule has 0 atom stereocenters. The van der Waals surface area contributed by atoms with Crippen molar-refractivity contribution >= 4 is 22.7 Å². The highest BCUT2D eigenvalue weighted by molar-refractivity contribution is 5.79. The van der Waals surface area contributed by atoms with Gasteiger partial charge in [-0.15, -0.1) is 0 Å². The fourth-order valence-electron chi connectivity index (χ4n) is 3.03. The molecule has 2 aromatic heterocycles. The third kappa shape index (κ3) is 3.35. The van der Waals surface area contributed by atoms with E-state index >= 15 is 0 Å². The molecule has 0 unspecified atom stereocenters. The number of nitrogens with zero attached hydrogens (tertiary/aromatic N) is 5. The average Bonchev–Trinajstić information content (AvgIpc) is 3.04. The minimum absolute atomic E-state index is 0.0193. The van der Waals surface area contributed by atoms with Gasteiger partial charge in [0.25, 0.3) is 0 Å². The number of nitrogen functional groups attached to an aromatic ring is 1. The second kappa shape index (κ2) is 7.32. The zero-order chi connectivity index (χ0) is 21.4. The molecule has 0 aliphatic rings. The molecule has 4 aromatic rings. The molecule has 4 rings (SSSR count). The lowest BCUT2D eigenvalue weighted by Gasteiger charge is -2.12. The second-order valence-electron chi connectivity index (χ2n) is 6.19. The summed E-state index contributed by atoms with van der Waals surface area (Å²) in [5, 5.41) is 12.0. The first-order valence-electron chi connectivity index (χ1n) is 8.44. The van der Waals surface area contributed by atoms with Crippen LogP contribution in [0.5, 0.6) is 0 Å². The predicted molar refractivity (Wildman–Crippen MR) is 99.4 cm³/mol. The van der Waals surface area contributed by atoms with E-state index in [1.807, 2.05) is 6.07 Å². The molecular weight excluding hydrogens is 402 g/mol. The van der Waals surface area contributed by atoms with Crippen LogP contribution in [0.25, 0.3) is 16.7 Å². The van der Waals surface area contributed by atoms with Gasteiger partial charge in [-0.3, -0.25) is 4.57 Å². The van der Waals surface area contributed by atoms with Crippen molar-refractivity contribution < 1.29 is 17.6 Å². The Hall–Kier alpha value is -4.20. The Bertz CT molecular complexity index is 1310. The highest BCUT2D eigenvalue weighted by atomic mass is 19.1. The van der Waals surface area contributed by atoms with Crippen LogP contribution in [0.3, 0.4) is 0 Å². The van der Waals surface area contributed by atoms with E-state index in [0.29, 0.717) is 12.1 Å². The standard InChI is InChI=1S/C19H11F4N7/c20-9-1-10(21)3-12(2-9)30-15-5-11(22)4-14(23)17(15)29-16(30)7-26-19-13(6-24)18(25)27-8-28-19/h1-5,8H,7H2,(H3,25,26,27,28). The summed E-state index contributed by atoms with van der Waals surface area (Å²) in [5.41, 5.74) is 5.37. The molecule has 0 radical (unpaired) electrons. The van der Waals surface area contributed by atoms with Crippen molar-refractivity contribution in [3.8, 4) is 11.8 Å². The first-order valence-corrected chi connectivity index (χ1v) is 8.44. The average molecular weight is 413 g/mol. The van der Waals surface area contributed by atoms with Gasteiger partial charge in [-0.2, -0.15) is 5.26 Å². The second-order valence-corrected chi connectivity index (χ2v) is 6.19. The maximum absolute atomic E-state index is 14.3. The number of aromatic nitrogens is 4. The minimum Gasteiger partial charge on any atom is -0.382 e. The number of rotatable bonds is 4. The monoisotopic (exact) mass is 413 g/mol. The number of nitrogens with one attached hydrogen (secondary N) is 1. The zero-order valence-electron chi connectivity index (χ0n) is 15.0. The molecule has 2 heterocycles. The van der Waals surface area contributed by atoms with Crippen molar-refractivity contribution in [1.29, 1.82) is 5.26 Å². The molecule has 0 saturated carbocycles. The van der Waals surface area contributed by atoms with Crippen LogP contribution in [0.1, 0.15) is 11.4 Å². The summed E-state index contributed by atoms with van der Waals surface area (Å²) in [5.74, 6) is -3.46. The van der Waals surface area contributed by atoms with E-state index in [9.17, 15) is 22.8 Å². The summed E-state index contributed by atoms with van der Waals surface area (Å²) in [6, 6.07) is 6.18. The molecule has 2 aromatic carbocycles. The molecule has 0 spiro atoms. The molecule has 30 heavy (non-hydrogen) atoms. The molecule has 0 aliphatic heterocycles. The molecule has 0 fully saturated rings. The van der Waals surface area contributed by atoms with Gasteiger partial charge in [-0.25, -0.2) is 32.5 Å². The summed E-state index contributed by atoms with van der Waals surface area (Å²) in [6.07, 6.45) is 1.14. The van der Waals surface area contributed by atoms with E-state index in [4.69, 9.17) is 5.73 Å². The SMILES string of the molecule is N#Cc1c(N)ncnc1NCc1nc2c(F)cc(F)cc2n1-c1cc(F)cc(F)c1. The molecule has 150 valence electrons. The first kappa shape index (κ1) is 19.1. The Morgan fingerprint density at radius 3 is 2.40 bits per heavy atom. The molecule has 0 saturated heterocycles. The predicted octanol–water partition coefficient (Wildman–Crippen LogP) is 3.44. The van der Waals surface area contributed by atoms with Gasteiger partial charge in [-0.05, 0) is 12.1 Å². The fourth-order valence-corrected chi connectivity index (χ4v) is 3.03. The van der Waals surface area contributed by atoms with Gasteiger partial charge in [0.1, 0.15) is 58.4 Å². The Morgan fingerprint density at radius 2 is 1.70 bits per heavy atom. The quantitative estimate of drug-likeness (QED) is 0.497. The lowest BCUT2D eigenvalue weighted by atomic mass is 10.2. The highest BCUT2D eigenvalue weighted by Gasteiger charge is 2.19. The summed E-state index contributed by atoms with van der Waals surface area (Å²) in [4.78, 5) is 11.8. The Morgan fingerprint density at radius 1 is 1.00 bits per heavy atom. The molecular formula is C19H11F4N7. The van der Waals surface area contributed by atoms with E-state index in [1.165, 1.54) is 4.57 Å². The van der Waals surface area contributed by atoms with E-state index in [1.54, 1.807) is 0 Å². The number of imidazole rings is 1. The molecule has 11 heteroatoms. The van der Waals surface area contributed by atoms with Crippen molar-refractivity contribution in [2.24, 2.45) is 0 Å². The van der Waals surface area contributed by atoms with Gasteiger partial charge in [0.15, 0.2) is 5.82 Å². The number of hydrogen-bond donors (Lipinski definition) is 2. The number of halogens is 4. The van der Waals surface area contributed by atoms with Crippen molar-refractivity contribution in [1.82, 2.24) is 19.5 Å². The van der Waals surface area contributed by atoms with Crippen LogP contribution in [-0.2, 0) is 6.54 Å². The fraction of sp³-hybridized carbons (Fsp3) is 0.0526. The topological polar surface area (TPSA) is 105 Å². The van der Waals surface area contributed by atoms with E-state index in [-0.39, 0.29) is 46.3 Å². The van der Waals surface area contributed by atoms with E-state index < -0.39 is 23.3 Å². The zero-order valence-corrected chi connectivity index (χ0v) is 15.0. The van der Waals surface area contributed by atoms with Gasteiger partial charge < -0.3 is 11.1 Å². The molecule has 7 nitrogen and oxygen atoms in total. The van der Waals surface area contributed by atoms with Crippen LogP contribution >= 0.6 is 0 Å². The van der Waals surface area contributed by atoms with Crippen LogP contribution in [0, 0.1) is 34.6 Å². The van der Waals surface area contributed by atoms with Crippen LogP contribution in [0.15, 0.2) is 36.7 Å². The summed E-state index contributed by atoms with van der Waals surface area (Å²) in [7, 11) is 0. The van der Waals surface area contributed by atoms with Gasteiger partial charge in [0.2, 0.25) is 0 Å². The van der Waals surface area contributed by atoms with E-state index in [0.717, 1.165) is 24.5 Å². The summed E-state index contributed by atoms with van der Waals surface area (Å²) < 4.78 is 56.9. The maximum atomic E-state index is 14.3. The summed E-state index contributed by atoms with van der Waals surface area (Å²) in [6.45, 7) is -0.154. The number of benzene rings is 2. The van der Waals surface area contributed by atoms with Crippen molar-refractivity contribution in [2.75, 3.05) is 11.1 Å². The summed E-state index contributed by atoms with van der Waals surface area (Å²) >= 11 is 0. The van der Waals surface area contributed by atoms with Gasteiger partial charge >= 0.3 is 0 Å². The van der Waals surface area contributed by atoms with E-state index in [2.05, 4.69) is 20.3 Å². The van der Waals surface area contributed by atoms with Crippen molar-refractivity contribution in [3.63, 3.8) is 0 Å². The number of hydrogen-bond acceptors (Lipinski definition) is 6. The number of nitrogens with two attached hydrogens (primary N) is 1. The van der Waals surface area contributed by atoms with Crippen molar-refractivity contribution in [2.45, 2.75) is 6.54 Å². The lowest BCUT2D eigenvalue weighted by molar-refractivity contribution is 0.581. The van der Waals surface area contributed by atoms with Gasteiger partial charge in [0, 0.05) is 18.2 Å². The molecule has 0 amide bonds. The first-order chi connectivity index (χ1) is 14.4. The minimum atomic E-state index is -0.939. The Kier molecular flexibility index (Phi) is 4.67. The van der Waals surface area contributed by atoms with Crippen LogP contribution in [-0.4, -0.2) is 19.5 Å². The third-order valence-electron chi connectivity index (χ3n) is 4.26. The van der Waals surface area contributed by atoms with Gasteiger partial charge in [-0.1, -0.05) is 0 Å². The van der Waals surface area contributed by atoms with Crippen molar-refractivity contribution in [3.05, 3.63) is 71.3 Å². The third-order valence-corrected chi connectivity index (χ3v) is 4.26. The number of anilines is 2. The Labute approximate surface area is 166 Å². The molecule has 3 N–H and O–H groups in total. The maximum Gasteiger partial charge on any atom is 0.153 e. The van der Waals surface area contributed by atoms with Crippen LogP contribution < -0.4 is 11.1 Å². The smallest absolute Gasteiger partial charge is 0.153 e. The van der Waals surface area contributed by atoms with Crippen LogP contribution in [0.2, 0.25) is 0 Å². The number of fused-ring (bicyclic) bond motifs is 1. The van der Waals surface area contributed by atoms with Crippen LogP contribution in [0.4, 0.5) is 29.2 Å². The largest absolute Gasteiger partial charge is 0.382 e. The highest BCUT2D eigenvalue weighted by Crippen LogP contribution is 2.27.